The van der Waals surface area contributed by atoms with E-state index in [0.29, 0.717) is 76.4 Å². The highest BCUT2D eigenvalue weighted by molar-refractivity contribution is 7.99. The van der Waals surface area contributed by atoms with E-state index in [0.717, 1.165) is 56.2 Å². The van der Waals surface area contributed by atoms with Crippen LogP contribution in [0, 0.1) is 5.82 Å². The van der Waals surface area contributed by atoms with Gasteiger partial charge in [-0.2, -0.15) is 4.98 Å². The quantitative estimate of drug-likeness (QED) is 0.0851. The molecule has 15 rings (SSSR count). The van der Waals surface area contributed by atoms with Crippen LogP contribution in [0.1, 0.15) is 106 Å². The Morgan fingerprint density at radius 3 is 1.58 bits per heavy atom. The predicted molar refractivity (Wildman–Crippen MR) is 386 cm³/mol. The lowest BCUT2D eigenvalue weighted by Crippen LogP contribution is -2.42. The molecule has 6 aliphatic rings. The average molecular weight is 1440 g/mol. The largest absolute Gasteiger partial charge is 0.455 e. The lowest BCUT2D eigenvalue weighted by molar-refractivity contribution is 0.0930. The van der Waals surface area contributed by atoms with E-state index in [1.165, 1.54) is 91.2 Å². The zero-order valence-electron chi connectivity index (χ0n) is 53.7. The number of amides is 3. The SMILES string of the molecule is CC1(C)CNCc2cc(Nc3ncc4c(n3)SCN(c3c(F)cccc3Cl)C4=O)ccc21.CC1(C)NCCc2cc(Nc3ncc4c(n3)SCN(c3c(Cl)cccc3Cl)C4=O)ccc21.CN1Cc2cc(Nc3ncc4c(n3)OCN(c3c(Cl)cccc3Cl)C4=O)ccc2C(C)(C)C1. The van der Waals surface area contributed by atoms with Crippen LogP contribution in [0.5, 0.6) is 5.88 Å². The number of ether oxygens (including phenoxy) is 1. The van der Waals surface area contributed by atoms with Crippen molar-refractivity contribution >= 4 is 151 Å². The van der Waals surface area contributed by atoms with Gasteiger partial charge in [0, 0.05) is 78.2 Å². The number of likely N-dealkylation sites (N-methyl/N-ethyl adjacent to an activating group) is 1. The van der Waals surface area contributed by atoms with Crippen LogP contribution in [0.2, 0.25) is 25.1 Å². The summed E-state index contributed by atoms with van der Waals surface area (Å²) in [6.07, 6.45) is 5.47. The Balaban J connectivity index is 0.000000131. The second-order valence-corrected chi connectivity index (χ2v) is 29.7. The number of nitrogens with one attached hydrogen (secondary N) is 5. The van der Waals surface area contributed by atoms with Gasteiger partial charge in [-0.25, -0.2) is 29.3 Å². The van der Waals surface area contributed by atoms with Crippen LogP contribution in [0.25, 0.3) is 0 Å². The van der Waals surface area contributed by atoms with Crippen molar-refractivity contribution in [3.8, 4) is 5.88 Å². The van der Waals surface area contributed by atoms with Crippen molar-refractivity contribution in [3.05, 3.63) is 209 Å². The minimum absolute atomic E-state index is 0.0398. The number of rotatable bonds is 9. The standard InChI is InChI=1S/C24H23Cl2N5O2.C23H21Cl2N5OS.C23H21ClFN5OS/c1-24(2)12-30(3)11-14-9-15(7-8-17(14)24)28-23-27-10-16-21(29-23)33-13-31(22(16)32)20-18(25)5-4-6-19(20)26;1-23(2)16-7-6-14(10-13(16)8-9-27-23)28-22-26-11-15-20(29-22)32-12-30(21(15)31)19-17(24)4-3-5-18(19)25;1-23(2)11-26-9-13-8-14(6-7-16(13)23)28-22-27-10-15-20(29-22)32-12-30(21(15)31)19-17(24)4-3-5-18(19)25/h4-10H,11-13H2,1-3H3,(H,27,28,29);3-7,10-11,27H,8-9,12H2,1-2H3,(H,26,28,29);3-8,10,26H,9,11-12H2,1-2H3,(H,27,28,29). The average Bonchev–Trinajstić information content (AvgIpc) is 0.811. The molecule has 498 valence electrons. The van der Waals surface area contributed by atoms with Crippen LogP contribution in [-0.2, 0) is 35.9 Å². The van der Waals surface area contributed by atoms with E-state index in [1.54, 1.807) is 53.6 Å². The molecule has 0 saturated carbocycles. The monoisotopic (exact) mass is 1440 g/mol. The highest BCUT2D eigenvalue weighted by atomic mass is 35.5. The van der Waals surface area contributed by atoms with E-state index in [4.69, 9.17) is 62.7 Å². The van der Waals surface area contributed by atoms with E-state index in [-0.39, 0.29) is 68.9 Å². The zero-order valence-corrected chi connectivity index (χ0v) is 59.1. The van der Waals surface area contributed by atoms with Crippen LogP contribution in [0.15, 0.2) is 138 Å². The lowest BCUT2D eigenvalue weighted by Gasteiger charge is -2.38. The van der Waals surface area contributed by atoms with Gasteiger partial charge in [-0.3, -0.25) is 29.1 Å². The maximum absolute atomic E-state index is 14.3. The number of hydrogen-bond acceptors (Lipinski definition) is 18. The second-order valence-electron chi connectivity index (χ2n) is 25.8. The number of halogens is 6. The Morgan fingerprint density at radius 1 is 0.546 bits per heavy atom. The van der Waals surface area contributed by atoms with Crippen LogP contribution < -0.4 is 46.0 Å². The molecule has 0 aliphatic carbocycles. The van der Waals surface area contributed by atoms with Crippen molar-refractivity contribution in [1.29, 1.82) is 0 Å². The molecule has 0 radical (unpaired) electrons. The van der Waals surface area contributed by atoms with Crippen molar-refractivity contribution in [2.75, 3.05) is 75.8 Å². The number of para-hydroxylation sites is 3. The Bertz CT molecular complexity index is 4400. The van der Waals surface area contributed by atoms with Gasteiger partial charge in [0.15, 0.2) is 6.73 Å². The first kappa shape index (κ1) is 67.7. The summed E-state index contributed by atoms with van der Waals surface area (Å²) in [5.41, 5.74) is 12.6. The lowest BCUT2D eigenvalue weighted by atomic mass is 9.78. The van der Waals surface area contributed by atoms with Gasteiger partial charge in [0.25, 0.3) is 17.7 Å². The molecule has 19 nitrogen and oxygen atoms in total. The third-order valence-electron chi connectivity index (χ3n) is 17.5. The summed E-state index contributed by atoms with van der Waals surface area (Å²) >= 11 is 34.1. The predicted octanol–water partition coefficient (Wildman–Crippen LogP) is 16.0. The van der Waals surface area contributed by atoms with Gasteiger partial charge >= 0.3 is 0 Å². The van der Waals surface area contributed by atoms with Crippen molar-refractivity contribution in [1.82, 2.24) is 45.4 Å². The van der Waals surface area contributed by atoms with Crippen LogP contribution in [0.3, 0.4) is 0 Å². The Kier molecular flexibility index (Phi) is 19.2. The molecule has 0 bridgehead atoms. The topological polar surface area (TPSA) is 211 Å². The molecule has 5 N–H and O–H groups in total. The van der Waals surface area contributed by atoms with Gasteiger partial charge in [-0.15, -0.1) is 0 Å². The maximum atomic E-state index is 14.3. The Morgan fingerprint density at radius 2 is 1.01 bits per heavy atom. The van der Waals surface area contributed by atoms with Crippen molar-refractivity contribution in [3.63, 3.8) is 0 Å². The fourth-order valence-corrected chi connectivity index (χ4v) is 16.3. The van der Waals surface area contributed by atoms with Crippen molar-refractivity contribution in [2.24, 2.45) is 0 Å². The molecular formula is C70H65Cl5FN15O4S2. The van der Waals surface area contributed by atoms with Crippen molar-refractivity contribution < 1.29 is 23.5 Å². The van der Waals surface area contributed by atoms with Gasteiger partial charge in [-0.1, -0.05) is 146 Å². The number of fused-ring (bicyclic) bond motifs is 6. The number of anilines is 9. The molecule has 0 fully saturated rings. The third-order valence-corrected chi connectivity index (χ3v) is 20.9. The highest BCUT2D eigenvalue weighted by Crippen LogP contribution is 2.43. The molecule has 27 heteroatoms. The van der Waals surface area contributed by atoms with E-state index < -0.39 is 5.82 Å². The van der Waals surface area contributed by atoms with E-state index >= 15 is 0 Å². The van der Waals surface area contributed by atoms with Gasteiger partial charge in [-0.05, 0) is 140 Å². The van der Waals surface area contributed by atoms with Gasteiger partial charge in [0.2, 0.25) is 23.7 Å². The number of carbonyl (C=O) groups excluding carboxylic acids is 3. The first-order chi connectivity index (χ1) is 46.4. The number of benzene rings is 6. The molecule has 3 aromatic heterocycles. The molecule has 6 aromatic carbocycles. The Labute approximate surface area is 594 Å². The molecule has 0 saturated heterocycles. The summed E-state index contributed by atoms with van der Waals surface area (Å²) in [5, 5.41) is 19.7. The second kappa shape index (κ2) is 27.4. The Hall–Kier alpha value is -7.87. The van der Waals surface area contributed by atoms with E-state index in [1.807, 2.05) is 18.2 Å². The summed E-state index contributed by atoms with van der Waals surface area (Å²) in [7, 11) is 2.13. The summed E-state index contributed by atoms with van der Waals surface area (Å²) in [6.45, 7) is 17.9. The summed E-state index contributed by atoms with van der Waals surface area (Å²) in [5.74, 6) is 0.560. The molecule has 97 heavy (non-hydrogen) atoms. The molecule has 6 aliphatic heterocycles. The summed E-state index contributed by atoms with van der Waals surface area (Å²) < 4.78 is 20.1. The molecule has 0 spiro atoms. The molecule has 9 heterocycles. The fraction of sp³-hybridized carbons (Fsp3) is 0.271. The van der Waals surface area contributed by atoms with Crippen LogP contribution >= 0.6 is 81.5 Å². The molecule has 0 atom stereocenters. The summed E-state index contributed by atoms with van der Waals surface area (Å²) in [4.78, 5) is 72.3. The van der Waals surface area contributed by atoms with Crippen LogP contribution in [-0.4, -0.2) is 97.7 Å². The highest BCUT2D eigenvalue weighted by Gasteiger charge is 2.36. The van der Waals surface area contributed by atoms with E-state index in [9.17, 15) is 18.8 Å². The number of thioether (sulfide) groups is 2. The summed E-state index contributed by atoms with van der Waals surface area (Å²) in [6, 6.07) is 33.5. The minimum atomic E-state index is -0.542. The van der Waals surface area contributed by atoms with E-state index in [2.05, 4.69) is 146 Å². The van der Waals surface area contributed by atoms with Crippen molar-refractivity contribution in [2.45, 2.75) is 87.5 Å². The molecular weight excluding hydrogens is 1380 g/mol. The first-order valence-corrected chi connectivity index (χ1v) is 34.9. The van der Waals surface area contributed by atoms with Gasteiger partial charge in [0.05, 0.1) is 65.1 Å². The number of carbonyl (C=O) groups is 3. The zero-order chi connectivity index (χ0) is 68.2. The first-order valence-electron chi connectivity index (χ1n) is 31.0. The minimum Gasteiger partial charge on any atom is -0.455 e. The number of nitrogens with zero attached hydrogens (tertiary/aromatic N) is 10. The number of hydrogen-bond donors (Lipinski definition) is 5. The molecule has 3 amide bonds. The normalized spacial score (nSPS) is 17.1. The van der Waals surface area contributed by atoms with Gasteiger partial charge in [0.1, 0.15) is 21.4 Å². The van der Waals surface area contributed by atoms with Crippen LogP contribution in [0.4, 0.5) is 56.4 Å². The molecule has 9 aromatic rings. The number of aromatic nitrogens is 6. The smallest absolute Gasteiger partial charge is 0.268 e. The maximum Gasteiger partial charge on any atom is 0.268 e. The van der Waals surface area contributed by atoms with Gasteiger partial charge < -0.3 is 36.2 Å². The third kappa shape index (κ3) is 14.0. The molecule has 0 unspecified atom stereocenters. The fourth-order valence-electron chi connectivity index (χ4n) is 12.9.